The fourth-order valence-electron chi connectivity index (χ4n) is 7.25. The first-order valence-corrected chi connectivity index (χ1v) is 26.4. The summed E-state index contributed by atoms with van der Waals surface area (Å²) >= 11 is 3.30. The number of aromatic amines is 1. The van der Waals surface area contributed by atoms with Gasteiger partial charge in [0, 0.05) is 62.1 Å². The summed E-state index contributed by atoms with van der Waals surface area (Å²) in [5.74, 6) is -1.14. The molecular weight excluding hydrogens is 1200 g/mol. The fraction of sp³-hybridized carbons (Fsp3) is 0.519. The van der Waals surface area contributed by atoms with Gasteiger partial charge in [0.15, 0.2) is 22.9 Å². The van der Waals surface area contributed by atoms with Gasteiger partial charge in [0.1, 0.15) is 57.4 Å². The van der Waals surface area contributed by atoms with E-state index in [2.05, 4.69) is 61.1 Å². The van der Waals surface area contributed by atoms with Crippen molar-refractivity contribution >= 4 is 85.6 Å². The molecule has 0 saturated heterocycles. The van der Waals surface area contributed by atoms with E-state index in [-0.39, 0.29) is 78.6 Å². The molecule has 0 radical (unpaired) electrons. The van der Waals surface area contributed by atoms with Crippen LogP contribution < -0.4 is 19.3 Å². The lowest BCUT2D eigenvalue weighted by Gasteiger charge is -2.28. The summed E-state index contributed by atoms with van der Waals surface area (Å²) < 4.78 is 113. The summed E-state index contributed by atoms with van der Waals surface area (Å²) in [6.07, 6.45) is -7.59. The van der Waals surface area contributed by atoms with Crippen molar-refractivity contribution in [2.24, 2.45) is 11.8 Å². The van der Waals surface area contributed by atoms with Crippen LogP contribution in [0.25, 0.3) is 22.1 Å². The molecule has 2 saturated carbocycles. The largest absolute Gasteiger partial charge is 0.443 e. The third-order valence-corrected chi connectivity index (χ3v) is 11.7. The molecular formula is C54H67BrF6N12O12. The number of amides is 4. The second kappa shape index (κ2) is 26.9. The first-order valence-electron chi connectivity index (χ1n) is 25.2. The predicted octanol–water partition coefficient (Wildman–Crippen LogP) is 13.6. The van der Waals surface area contributed by atoms with E-state index in [0.29, 0.717) is 46.5 Å². The number of aromatic nitrogens is 10. The molecule has 6 aromatic heterocycles. The van der Waals surface area contributed by atoms with E-state index in [1.54, 1.807) is 83.1 Å². The van der Waals surface area contributed by atoms with Crippen molar-refractivity contribution in [1.29, 1.82) is 0 Å². The van der Waals surface area contributed by atoms with Crippen molar-refractivity contribution in [2.75, 3.05) is 15.1 Å². The van der Waals surface area contributed by atoms with Crippen molar-refractivity contribution in [3.8, 4) is 23.5 Å². The number of Topliss-reactive ketones (excluding diaryl/α,β-unsaturated/α-hetero) is 2. The lowest BCUT2D eigenvalue weighted by atomic mass is 9.84. The monoisotopic (exact) mass is 1270 g/mol. The number of alkyl halides is 7. The zero-order valence-electron chi connectivity index (χ0n) is 47.0. The Morgan fingerprint density at radius 3 is 1.34 bits per heavy atom. The summed E-state index contributed by atoms with van der Waals surface area (Å²) in [6, 6.07) is 2.90. The maximum absolute atomic E-state index is 13.3. The van der Waals surface area contributed by atoms with Gasteiger partial charge in [0.25, 0.3) is 11.8 Å². The van der Waals surface area contributed by atoms with Gasteiger partial charge in [-0.1, -0.05) is 30.8 Å². The smallest absolute Gasteiger partial charge is 0.425 e. The number of halogens is 7. The number of H-pyrrole nitrogens is 1. The Balaban J connectivity index is 0.000000322. The summed E-state index contributed by atoms with van der Waals surface area (Å²) in [7, 11) is 0. The highest BCUT2D eigenvalue weighted by atomic mass is 79.9. The minimum Gasteiger partial charge on any atom is -0.443 e. The van der Waals surface area contributed by atoms with E-state index in [9.17, 15) is 55.1 Å². The number of imide groups is 2. The normalized spacial score (nSPS) is 13.9. The van der Waals surface area contributed by atoms with Gasteiger partial charge in [-0.25, -0.2) is 53.8 Å². The molecule has 31 heteroatoms. The number of hydrogen-bond donors (Lipinski definition) is 1. The molecule has 4 amide bonds. The van der Waals surface area contributed by atoms with Gasteiger partial charge in [0.2, 0.25) is 11.8 Å². The van der Waals surface area contributed by atoms with Crippen LogP contribution in [0.2, 0.25) is 0 Å². The Hall–Kier alpha value is -8.12. The molecule has 6 heterocycles. The molecule has 0 aromatic carbocycles. The number of pyridine rings is 2. The molecule has 0 bridgehead atoms. The maximum Gasteiger partial charge on any atom is 0.425 e. The molecule has 0 aliphatic heterocycles. The minimum absolute atomic E-state index is 0. The zero-order chi connectivity index (χ0) is 61.8. The van der Waals surface area contributed by atoms with Gasteiger partial charge in [-0.05, 0) is 107 Å². The molecule has 24 nitrogen and oxygen atoms in total. The first-order chi connectivity index (χ1) is 38.3. The fourth-order valence-corrected chi connectivity index (χ4v) is 7.71. The topological polar surface area (TPSA) is 288 Å². The van der Waals surface area contributed by atoms with E-state index in [0.717, 1.165) is 55.4 Å². The molecule has 464 valence electrons. The van der Waals surface area contributed by atoms with Gasteiger partial charge in [0.05, 0.1) is 11.1 Å². The van der Waals surface area contributed by atoms with E-state index < -0.39 is 82.0 Å². The van der Waals surface area contributed by atoms with E-state index >= 15 is 0 Å². The Morgan fingerprint density at radius 1 is 0.576 bits per heavy atom. The Labute approximate surface area is 493 Å². The number of hydrogen-bond acceptors (Lipinski definition) is 20. The number of carbonyl (C=O) groups is 6. The van der Waals surface area contributed by atoms with Gasteiger partial charge >= 0.3 is 36.7 Å². The Kier molecular flexibility index (Phi) is 21.9. The minimum atomic E-state index is -4.67. The quantitative estimate of drug-likeness (QED) is 0.0799. The molecule has 6 aromatic rings. The van der Waals surface area contributed by atoms with Gasteiger partial charge in [-0.2, -0.15) is 36.1 Å². The van der Waals surface area contributed by atoms with Gasteiger partial charge < -0.3 is 28.4 Å². The molecule has 85 heavy (non-hydrogen) atoms. The van der Waals surface area contributed by atoms with Crippen LogP contribution in [0.4, 0.5) is 57.2 Å². The first kappa shape index (κ1) is 69.4. The molecule has 0 spiro atoms. The van der Waals surface area contributed by atoms with Gasteiger partial charge in [-0.3, -0.25) is 14.7 Å². The van der Waals surface area contributed by atoms with Crippen molar-refractivity contribution < 1.29 is 83.5 Å². The average Bonchev–Trinajstić information content (AvgIpc) is 2.61. The standard InChI is InChI=1S/C26H29F3N6O6.C21H23F3N6O5.C5H7BrO.2CH4/c1-24(2,3)40-22(37)35(23(38)41-25(4,5)6)20-18-19(31-13-32-20)34(12-14-9-16(36)10-14)33-21(18)39-17-11-15(7-8-30-17)26(27,28)29;1-19(2,3)34-17(31)30(18(32)35-20(4,5)6)15-13-14(26-10-27-15)28-29-16(13)33-12-9-11(7-8-25-12)21(22,23)24;6-3-4-1-5(7)2-4;;/h7-8,11,13-14H,9-10,12H2,1-6H3;7-10H,1-6H3,(H,26,27,28,29);4H,1-3H2;2*1H4. The molecule has 2 aliphatic carbocycles. The highest BCUT2D eigenvalue weighted by molar-refractivity contribution is 9.09. The Morgan fingerprint density at radius 2 is 0.965 bits per heavy atom. The zero-order valence-corrected chi connectivity index (χ0v) is 48.6. The van der Waals surface area contributed by atoms with Crippen LogP contribution in [0.1, 0.15) is 135 Å². The van der Waals surface area contributed by atoms with Crippen LogP contribution in [0, 0.1) is 11.8 Å². The molecule has 1 N–H and O–H groups in total. The molecule has 8 rings (SSSR count). The molecule has 0 unspecified atom stereocenters. The third-order valence-electron chi connectivity index (χ3n) is 10.8. The molecule has 0 atom stereocenters. The van der Waals surface area contributed by atoms with E-state index in [1.807, 2.05) is 0 Å². The number of nitrogens with zero attached hydrogens (tertiary/aromatic N) is 11. The van der Waals surface area contributed by atoms with E-state index in [1.165, 1.54) is 4.68 Å². The number of carbonyl (C=O) groups excluding carboxylic acids is 6. The van der Waals surface area contributed by atoms with Crippen molar-refractivity contribution in [1.82, 2.24) is 49.9 Å². The van der Waals surface area contributed by atoms with Crippen molar-refractivity contribution in [3.05, 3.63) is 60.4 Å². The Bertz CT molecular complexity index is 3310. The van der Waals surface area contributed by atoms with Gasteiger partial charge in [-0.15, -0.1) is 10.2 Å². The molecule has 2 fully saturated rings. The number of anilines is 2. The SMILES string of the molecule is C.C.CC(C)(C)OC(=O)N(C(=O)OC(C)(C)C)c1ncnc2[nH]nc(Oc3cc(C(F)(F)F)ccn3)c12.CC(C)(C)OC(=O)N(C(=O)OC(C)(C)C)c1ncnc2c1c(Oc1cc(C(F)(F)F)ccn1)nn2CC1CC(=O)C1.O=C1CC(CBr)C1. The molecule has 2 aliphatic rings. The second-order valence-corrected chi connectivity index (χ2v) is 23.3. The van der Waals surface area contributed by atoms with Crippen molar-refractivity contribution in [3.63, 3.8) is 0 Å². The summed E-state index contributed by atoms with van der Waals surface area (Å²) in [5, 5.41) is 11.6. The lowest BCUT2D eigenvalue weighted by molar-refractivity contribution is -0.138. The van der Waals surface area contributed by atoms with Crippen LogP contribution in [0.5, 0.6) is 23.5 Å². The third kappa shape index (κ3) is 19.2. The highest BCUT2D eigenvalue weighted by Crippen LogP contribution is 2.40. The summed E-state index contributed by atoms with van der Waals surface area (Å²) in [4.78, 5) is 99.5. The number of rotatable bonds is 9. The average molecular weight is 1270 g/mol. The van der Waals surface area contributed by atoms with Crippen LogP contribution in [-0.4, -0.2) is 114 Å². The predicted molar refractivity (Wildman–Crippen MR) is 298 cm³/mol. The number of ketones is 2. The second-order valence-electron chi connectivity index (χ2n) is 22.7. The summed E-state index contributed by atoms with van der Waals surface area (Å²) in [5.41, 5.74) is -5.91. The van der Waals surface area contributed by atoms with Crippen LogP contribution in [0.3, 0.4) is 0 Å². The number of ether oxygens (including phenoxy) is 6. The summed E-state index contributed by atoms with van der Waals surface area (Å²) in [6.45, 7) is 19.4. The number of fused-ring (bicyclic) bond motifs is 2. The number of nitrogens with one attached hydrogen (secondary N) is 1. The van der Waals surface area contributed by atoms with Crippen molar-refractivity contribution in [2.45, 2.75) is 165 Å². The lowest BCUT2D eigenvalue weighted by Crippen LogP contribution is -2.44. The van der Waals surface area contributed by atoms with Crippen LogP contribution >= 0.6 is 15.9 Å². The van der Waals surface area contributed by atoms with E-state index in [4.69, 9.17) is 28.4 Å². The van der Waals surface area contributed by atoms with Crippen LogP contribution in [0.15, 0.2) is 49.3 Å². The highest BCUT2D eigenvalue weighted by Gasteiger charge is 2.40. The maximum atomic E-state index is 13.3. The van der Waals surface area contributed by atoms with Crippen LogP contribution in [-0.2, 0) is 47.4 Å².